The fourth-order valence-electron chi connectivity index (χ4n) is 2.54. The number of benzene rings is 1. The largest absolute Gasteiger partial charge is 0.396 e. The lowest BCUT2D eigenvalue weighted by Gasteiger charge is -2.43. The zero-order chi connectivity index (χ0) is 14.0. The standard InChI is InChI=1S/C15H22N4/c1-15(2,3)19-9-7-18(8-10-19)13-6-4-5-12(11-16)14(13)17/h4-6H,7-10,17H2,1-3H3. The van der Waals surface area contributed by atoms with Gasteiger partial charge in [0.1, 0.15) is 6.07 Å². The summed E-state index contributed by atoms with van der Waals surface area (Å²) in [4.78, 5) is 4.76. The average molecular weight is 258 g/mol. The van der Waals surface area contributed by atoms with Gasteiger partial charge < -0.3 is 10.6 Å². The minimum atomic E-state index is 0.214. The Balaban J connectivity index is 2.13. The number of nitrogen functional groups attached to an aromatic ring is 1. The molecule has 1 fully saturated rings. The monoisotopic (exact) mass is 258 g/mol. The maximum absolute atomic E-state index is 9.03. The third-order valence-electron chi connectivity index (χ3n) is 3.77. The van der Waals surface area contributed by atoms with E-state index in [-0.39, 0.29) is 5.54 Å². The van der Waals surface area contributed by atoms with E-state index in [4.69, 9.17) is 11.0 Å². The molecular weight excluding hydrogens is 236 g/mol. The first-order valence-electron chi connectivity index (χ1n) is 6.72. The first-order chi connectivity index (χ1) is 8.93. The minimum Gasteiger partial charge on any atom is -0.396 e. The van der Waals surface area contributed by atoms with Gasteiger partial charge in [-0.05, 0) is 32.9 Å². The topological polar surface area (TPSA) is 56.3 Å². The van der Waals surface area contributed by atoms with Crippen LogP contribution >= 0.6 is 0 Å². The lowest BCUT2D eigenvalue weighted by Crippen LogP contribution is -2.53. The van der Waals surface area contributed by atoms with Crippen LogP contribution in [0.2, 0.25) is 0 Å². The van der Waals surface area contributed by atoms with Gasteiger partial charge in [0, 0.05) is 31.7 Å². The third kappa shape index (κ3) is 2.82. The highest BCUT2D eigenvalue weighted by molar-refractivity contribution is 5.74. The molecule has 0 spiro atoms. The molecule has 1 aliphatic heterocycles. The Kier molecular flexibility index (Phi) is 3.68. The van der Waals surface area contributed by atoms with Crippen molar-refractivity contribution in [3.63, 3.8) is 0 Å². The molecule has 1 aromatic carbocycles. The first kappa shape index (κ1) is 13.7. The summed E-state index contributed by atoms with van der Waals surface area (Å²) in [5.41, 5.74) is 8.45. The summed E-state index contributed by atoms with van der Waals surface area (Å²) < 4.78 is 0. The molecule has 1 heterocycles. The molecule has 0 saturated carbocycles. The molecule has 1 saturated heterocycles. The van der Waals surface area contributed by atoms with Gasteiger partial charge in [0.15, 0.2) is 0 Å². The molecule has 1 aliphatic rings. The van der Waals surface area contributed by atoms with Gasteiger partial charge in [-0.2, -0.15) is 5.26 Å². The second-order valence-electron chi connectivity index (χ2n) is 6.00. The number of para-hydroxylation sites is 1. The van der Waals surface area contributed by atoms with Gasteiger partial charge in [-0.15, -0.1) is 0 Å². The van der Waals surface area contributed by atoms with Crippen molar-refractivity contribution < 1.29 is 0 Å². The molecule has 4 heteroatoms. The number of anilines is 2. The van der Waals surface area contributed by atoms with Crippen LogP contribution in [0.1, 0.15) is 26.3 Å². The van der Waals surface area contributed by atoms with Crippen LogP contribution in [-0.4, -0.2) is 36.6 Å². The summed E-state index contributed by atoms with van der Waals surface area (Å²) in [6.45, 7) is 10.7. The summed E-state index contributed by atoms with van der Waals surface area (Å²) in [7, 11) is 0. The molecule has 4 nitrogen and oxygen atoms in total. The fourth-order valence-corrected chi connectivity index (χ4v) is 2.54. The van der Waals surface area contributed by atoms with Gasteiger partial charge in [0.05, 0.1) is 16.9 Å². The van der Waals surface area contributed by atoms with Crippen LogP contribution in [0.25, 0.3) is 0 Å². The predicted molar refractivity (Wildman–Crippen MR) is 79.1 cm³/mol. The molecular formula is C15H22N4. The highest BCUT2D eigenvalue weighted by Crippen LogP contribution is 2.28. The molecule has 2 rings (SSSR count). The number of nitrogens with zero attached hydrogens (tertiary/aromatic N) is 3. The van der Waals surface area contributed by atoms with Crippen LogP contribution in [-0.2, 0) is 0 Å². The number of piperazine rings is 1. The second kappa shape index (κ2) is 5.10. The van der Waals surface area contributed by atoms with Crippen molar-refractivity contribution in [1.29, 1.82) is 5.26 Å². The number of hydrogen-bond acceptors (Lipinski definition) is 4. The molecule has 102 valence electrons. The average Bonchev–Trinajstić information content (AvgIpc) is 2.38. The third-order valence-corrected chi connectivity index (χ3v) is 3.77. The molecule has 0 unspecified atom stereocenters. The Labute approximate surface area is 115 Å². The van der Waals surface area contributed by atoms with Crippen molar-refractivity contribution in [3.8, 4) is 6.07 Å². The van der Waals surface area contributed by atoms with Gasteiger partial charge in [-0.25, -0.2) is 0 Å². The fraction of sp³-hybridized carbons (Fsp3) is 0.533. The molecule has 1 aromatic rings. The van der Waals surface area contributed by atoms with Gasteiger partial charge in [0.25, 0.3) is 0 Å². The normalized spacial score (nSPS) is 17.3. The Morgan fingerprint density at radius 1 is 1.16 bits per heavy atom. The van der Waals surface area contributed by atoms with Crippen molar-refractivity contribution >= 4 is 11.4 Å². The Hall–Kier alpha value is -1.73. The van der Waals surface area contributed by atoms with E-state index < -0.39 is 0 Å². The molecule has 19 heavy (non-hydrogen) atoms. The molecule has 0 aliphatic carbocycles. The number of nitriles is 1. The quantitative estimate of drug-likeness (QED) is 0.783. The summed E-state index contributed by atoms with van der Waals surface area (Å²) in [6, 6.07) is 7.82. The molecule has 0 aromatic heterocycles. The number of hydrogen-bond donors (Lipinski definition) is 1. The summed E-state index contributed by atoms with van der Waals surface area (Å²) in [5, 5.41) is 9.03. The number of nitrogens with two attached hydrogens (primary N) is 1. The maximum Gasteiger partial charge on any atom is 0.101 e. The molecule has 0 amide bonds. The Bertz CT molecular complexity index is 488. The summed E-state index contributed by atoms with van der Waals surface area (Å²) in [5.74, 6) is 0. The zero-order valence-electron chi connectivity index (χ0n) is 12.0. The van der Waals surface area contributed by atoms with E-state index in [0.717, 1.165) is 31.9 Å². The van der Waals surface area contributed by atoms with E-state index in [9.17, 15) is 0 Å². The van der Waals surface area contributed by atoms with Crippen molar-refractivity contribution in [2.75, 3.05) is 36.8 Å². The van der Waals surface area contributed by atoms with Crippen LogP contribution in [0, 0.1) is 11.3 Å². The molecule has 0 atom stereocenters. The van der Waals surface area contributed by atoms with Crippen LogP contribution < -0.4 is 10.6 Å². The van der Waals surface area contributed by atoms with Crippen LogP contribution in [0.3, 0.4) is 0 Å². The Morgan fingerprint density at radius 3 is 2.32 bits per heavy atom. The van der Waals surface area contributed by atoms with Crippen LogP contribution in [0.15, 0.2) is 18.2 Å². The lowest BCUT2D eigenvalue weighted by atomic mass is 10.0. The summed E-state index contributed by atoms with van der Waals surface area (Å²) in [6.07, 6.45) is 0. The van der Waals surface area contributed by atoms with Crippen LogP contribution in [0.4, 0.5) is 11.4 Å². The molecule has 0 radical (unpaired) electrons. The zero-order valence-corrected chi connectivity index (χ0v) is 12.0. The van der Waals surface area contributed by atoms with E-state index in [0.29, 0.717) is 11.3 Å². The SMILES string of the molecule is CC(C)(C)N1CCN(c2cccc(C#N)c2N)CC1. The van der Waals surface area contributed by atoms with E-state index >= 15 is 0 Å². The highest BCUT2D eigenvalue weighted by atomic mass is 15.3. The first-order valence-corrected chi connectivity index (χ1v) is 6.72. The van der Waals surface area contributed by atoms with Crippen molar-refractivity contribution in [2.24, 2.45) is 0 Å². The Morgan fingerprint density at radius 2 is 1.79 bits per heavy atom. The summed E-state index contributed by atoms with van der Waals surface area (Å²) >= 11 is 0. The van der Waals surface area contributed by atoms with Gasteiger partial charge in [-0.1, -0.05) is 6.07 Å². The molecule has 0 bridgehead atoms. The van der Waals surface area contributed by atoms with Crippen molar-refractivity contribution in [1.82, 2.24) is 4.90 Å². The highest BCUT2D eigenvalue weighted by Gasteiger charge is 2.26. The smallest absolute Gasteiger partial charge is 0.101 e. The predicted octanol–water partition coefficient (Wildman–Crippen LogP) is 2.06. The van der Waals surface area contributed by atoms with Gasteiger partial charge in [0.2, 0.25) is 0 Å². The second-order valence-corrected chi connectivity index (χ2v) is 6.00. The molecule has 2 N–H and O–H groups in total. The van der Waals surface area contributed by atoms with E-state index in [1.165, 1.54) is 0 Å². The lowest BCUT2D eigenvalue weighted by molar-refractivity contribution is 0.128. The van der Waals surface area contributed by atoms with E-state index in [1.54, 1.807) is 6.07 Å². The minimum absolute atomic E-state index is 0.214. The van der Waals surface area contributed by atoms with Gasteiger partial charge >= 0.3 is 0 Å². The van der Waals surface area contributed by atoms with Crippen LogP contribution in [0.5, 0.6) is 0 Å². The van der Waals surface area contributed by atoms with Gasteiger partial charge in [-0.3, -0.25) is 4.90 Å². The number of rotatable bonds is 1. The van der Waals surface area contributed by atoms with Crippen molar-refractivity contribution in [2.45, 2.75) is 26.3 Å². The maximum atomic E-state index is 9.03. The van der Waals surface area contributed by atoms with Crippen molar-refractivity contribution in [3.05, 3.63) is 23.8 Å². The van der Waals surface area contributed by atoms with E-state index in [2.05, 4.69) is 36.6 Å². The van der Waals surface area contributed by atoms with E-state index in [1.807, 2.05) is 12.1 Å².